The van der Waals surface area contributed by atoms with Gasteiger partial charge in [-0.05, 0) is 72.6 Å². The first-order chi connectivity index (χ1) is 13.9. The number of amides is 2. The van der Waals surface area contributed by atoms with Crippen LogP contribution in [0.1, 0.15) is 54.0 Å². The summed E-state index contributed by atoms with van der Waals surface area (Å²) in [6.45, 7) is 14.7. The molecule has 1 aromatic carbocycles. The number of aliphatic imine (C=N–C) groups is 1. The molecule has 0 aliphatic carbocycles. The van der Waals surface area contributed by atoms with E-state index in [9.17, 15) is 9.59 Å². The van der Waals surface area contributed by atoms with Crippen molar-refractivity contribution in [1.29, 1.82) is 0 Å². The molecular weight excluding hydrogens is 509 g/mol. The number of nitrogens with zero attached hydrogens (tertiary/aromatic N) is 1. The van der Waals surface area contributed by atoms with E-state index in [0.29, 0.717) is 24.7 Å². The fourth-order valence-electron chi connectivity index (χ4n) is 2.45. The second kappa shape index (κ2) is 13.4. The molecule has 0 bridgehead atoms. The van der Waals surface area contributed by atoms with E-state index in [2.05, 4.69) is 26.3 Å². The molecular formula is C22H38IN5O3. The molecule has 0 saturated heterocycles. The summed E-state index contributed by atoms with van der Waals surface area (Å²) in [6.07, 6.45) is 0.296. The molecule has 0 unspecified atom stereocenters. The molecule has 0 aliphatic rings. The second-order valence-electron chi connectivity index (χ2n) is 8.99. The fraction of sp³-hybridized carbons (Fsp3) is 0.591. The molecule has 0 radical (unpaired) electrons. The number of benzene rings is 1. The highest BCUT2D eigenvalue weighted by atomic mass is 127. The number of ether oxygens (including phenoxy) is 1. The summed E-state index contributed by atoms with van der Waals surface area (Å²) in [6, 6.07) is 7.59. The van der Waals surface area contributed by atoms with Crippen LogP contribution in [0.5, 0.6) is 0 Å². The summed E-state index contributed by atoms with van der Waals surface area (Å²) in [5.41, 5.74) is 0.983. The molecule has 0 atom stereocenters. The Bertz CT molecular complexity index is 722. The minimum atomic E-state index is -0.533. The molecule has 2 amide bonds. The van der Waals surface area contributed by atoms with Crippen molar-refractivity contribution < 1.29 is 14.3 Å². The standard InChI is InChI=1S/C22H37N5O3.HI/c1-8-23-19(25-15-18(28)27-21(2,3)4)24-14-13-16-9-11-17(12-10-16)26-20(29)30-22(5,6)7;/h9-12H,8,13-15H2,1-7H3,(H,26,29)(H,27,28)(H2,23,24,25);1H. The largest absolute Gasteiger partial charge is 0.444 e. The van der Waals surface area contributed by atoms with Crippen LogP contribution < -0.4 is 21.3 Å². The summed E-state index contributed by atoms with van der Waals surface area (Å²) >= 11 is 0. The number of halogens is 1. The summed E-state index contributed by atoms with van der Waals surface area (Å²) in [5, 5.41) is 12.0. The predicted octanol–water partition coefficient (Wildman–Crippen LogP) is 3.66. The predicted molar refractivity (Wildman–Crippen MR) is 137 cm³/mol. The van der Waals surface area contributed by atoms with Gasteiger partial charge in [-0.1, -0.05) is 12.1 Å². The lowest BCUT2D eigenvalue weighted by atomic mass is 10.1. The zero-order valence-electron chi connectivity index (χ0n) is 19.7. The first-order valence-corrected chi connectivity index (χ1v) is 10.3. The van der Waals surface area contributed by atoms with Gasteiger partial charge >= 0.3 is 6.09 Å². The van der Waals surface area contributed by atoms with Gasteiger partial charge in [0, 0.05) is 24.3 Å². The SMILES string of the molecule is CCNC(=NCC(=O)NC(C)(C)C)NCCc1ccc(NC(=O)OC(C)(C)C)cc1.I. The number of hydrogen-bond acceptors (Lipinski definition) is 4. The van der Waals surface area contributed by atoms with Crippen molar-refractivity contribution in [2.45, 2.75) is 66.0 Å². The summed E-state index contributed by atoms with van der Waals surface area (Å²) in [5.74, 6) is 0.484. The van der Waals surface area contributed by atoms with Crippen molar-refractivity contribution in [3.8, 4) is 0 Å². The van der Waals surface area contributed by atoms with Crippen molar-refractivity contribution in [1.82, 2.24) is 16.0 Å². The maximum Gasteiger partial charge on any atom is 0.412 e. The van der Waals surface area contributed by atoms with Gasteiger partial charge in [0.05, 0.1) is 0 Å². The Labute approximate surface area is 203 Å². The van der Waals surface area contributed by atoms with Crippen LogP contribution in [0.2, 0.25) is 0 Å². The molecule has 0 aliphatic heterocycles. The van der Waals surface area contributed by atoms with Crippen molar-refractivity contribution in [3.05, 3.63) is 29.8 Å². The number of rotatable bonds is 7. The molecule has 4 N–H and O–H groups in total. The lowest BCUT2D eigenvalue weighted by molar-refractivity contribution is -0.121. The number of carbonyl (C=O) groups excluding carboxylic acids is 2. The van der Waals surface area contributed by atoms with Crippen molar-refractivity contribution in [2.24, 2.45) is 4.99 Å². The van der Waals surface area contributed by atoms with E-state index in [1.165, 1.54) is 0 Å². The number of anilines is 1. The lowest BCUT2D eigenvalue weighted by Gasteiger charge is -2.20. The van der Waals surface area contributed by atoms with Crippen molar-refractivity contribution in [3.63, 3.8) is 0 Å². The molecule has 0 aromatic heterocycles. The Morgan fingerprint density at radius 1 is 1.00 bits per heavy atom. The molecule has 31 heavy (non-hydrogen) atoms. The van der Waals surface area contributed by atoms with E-state index >= 15 is 0 Å². The van der Waals surface area contributed by atoms with Gasteiger partial charge in [-0.3, -0.25) is 10.1 Å². The number of carbonyl (C=O) groups is 2. The van der Waals surface area contributed by atoms with Crippen LogP contribution >= 0.6 is 24.0 Å². The molecule has 0 heterocycles. The van der Waals surface area contributed by atoms with Crippen LogP contribution in [0, 0.1) is 0 Å². The van der Waals surface area contributed by atoms with E-state index in [0.717, 1.165) is 12.0 Å². The van der Waals surface area contributed by atoms with Gasteiger partial charge in [0.15, 0.2) is 5.96 Å². The smallest absolute Gasteiger partial charge is 0.412 e. The average Bonchev–Trinajstić information content (AvgIpc) is 2.58. The minimum absolute atomic E-state index is 0. The van der Waals surface area contributed by atoms with Crippen molar-refractivity contribution in [2.75, 3.05) is 25.0 Å². The summed E-state index contributed by atoms with van der Waals surface area (Å²) < 4.78 is 5.24. The Hall–Kier alpha value is -2.04. The van der Waals surface area contributed by atoms with Gasteiger partial charge in [-0.25, -0.2) is 9.79 Å². The average molecular weight is 547 g/mol. The third-order valence-electron chi connectivity index (χ3n) is 3.54. The van der Waals surface area contributed by atoms with Crippen molar-refractivity contribution >= 4 is 47.6 Å². The van der Waals surface area contributed by atoms with Crippen LogP contribution in [0.4, 0.5) is 10.5 Å². The van der Waals surface area contributed by atoms with Crippen LogP contribution in [0.15, 0.2) is 29.3 Å². The molecule has 9 heteroatoms. The van der Waals surface area contributed by atoms with Gasteiger partial charge in [-0.2, -0.15) is 0 Å². The zero-order chi connectivity index (χ0) is 22.8. The minimum Gasteiger partial charge on any atom is -0.444 e. The highest BCUT2D eigenvalue weighted by Gasteiger charge is 2.16. The summed E-state index contributed by atoms with van der Waals surface area (Å²) in [7, 11) is 0. The molecule has 8 nitrogen and oxygen atoms in total. The van der Waals surface area contributed by atoms with E-state index < -0.39 is 11.7 Å². The first-order valence-electron chi connectivity index (χ1n) is 10.3. The molecule has 0 fully saturated rings. The van der Waals surface area contributed by atoms with Crippen LogP contribution in [0.25, 0.3) is 0 Å². The van der Waals surface area contributed by atoms with E-state index in [4.69, 9.17) is 4.74 Å². The lowest BCUT2D eigenvalue weighted by Crippen LogP contribution is -2.43. The number of nitrogens with one attached hydrogen (secondary N) is 4. The molecule has 0 spiro atoms. The maximum atomic E-state index is 11.9. The highest BCUT2D eigenvalue weighted by Crippen LogP contribution is 2.13. The third kappa shape index (κ3) is 14.6. The third-order valence-corrected chi connectivity index (χ3v) is 3.54. The van der Waals surface area contributed by atoms with E-state index in [-0.39, 0.29) is 42.0 Å². The Morgan fingerprint density at radius 3 is 2.13 bits per heavy atom. The van der Waals surface area contributed by atoms with Crippen LogP contribution in [0.3, 0.4) is 0 Å². The van der Waals surface area contributed by atoms with Crippen LogP contribution in [-0.4, -0.2) is 48.7 Å². The van der Waals surface area contributed by atoms with Gasteiger partial charge in [0.1, 0.15) is 12.1 Å². The Morgan fingerprint density at radius 2 is 1.61 bits per heavy atom. The van der Waals surface area contributed by atoms with Gasteiger partial charge < -0.3 is 20.7 Å². The topological polar surface area (TPSA) is 104 Å². The summed E-state index contributed by atoms with van der Waals surface area (Å²) in [4.78, 5) is 28.1. The molecule has 1 aromatic rings. The van der Waals surface area contributed by atoms with Gasteiger partial charge in [0.25, 0.3) is 0 Å². The van der Waals surface area contributed by atoms with Gasteiger partial charge in [-0.15, -0.1) is 24.0 Å². The van der Waals surface area contributed by atoms with E-state index in [1.807, 2.05) is 72.7 Å². The first kappa shape index (κ1) is 29.0. The van der Waals surface area contributed by atoms with Gasteiger partial charge in [0.2, 0.25) is 5.91 Å². The van der Waals surface area contributed by atoms with Crippen LogP contribution in [-0.2, 0) is 16.0 Å². The Kier molecular flexibility index (Phi) is 12.5. The number of hydrogen-bond donors (Lipinski definition) is 4. The monoisotopic (exact) mass is 547 g/mol. The second-order valence-corrected chi connectivity index (χ2v) is 8.99. The zero-order valence-corrected chi connectivity index (χ0v) is 22.0. The fourth-order valence-corrected chi connectivity index (χ4v) is 2.45. The molecule has 1 rings (SSSR count). The molecule has 0 saturated carbocycles. The van der Waals surface area contributed by atoms with E-state index in [1.54, 1.807) is 0 Å². The maximum absolute atomic E-state index is 11.9. The quantitative estimate of drug-likeness (QED) is 0.237. The molecule has 176 valence electrons. The number of guanidine groups is 1. The normalized spacial score (nSPS) is 11.8. The highest BCUT2D eigenvalue weighted by molar-refractivity contribution is 14.0. The Balaban J connectivity index is 0.00000900.